The Bertz CT molecular complexity index is 394. The fourth-order valence-corrected chi connectivity index (χ4v) is 3.10. The molecule has 2 rings (SSSR count). The molecule has 0 spiro atoms. The summed E-state index contributed by atoms with van der Waals surface area (Å²) >= 11 is 0. The lowest BCUT2D eigenvalue weighted by Gasteiger charge is -2.42. The van der Waals surface area contributed by atoms with E-state index >= 15 is 0 Å². The molecule has 2 nitrogen and oxygen atoms in total. The summed E-state index contributed by atoms with van der Waals surface area (Å²) in [6, 6.07) is 7.93. The van der Waals surface area contributed by atoms with Gasteiger partial charge in [0.1, 0.15) is 5.75 Å². The summed E-state index contributed by atoms with van der Waals surface area (Å²) in [6.07, 6.45) is 4.00. The molecule has 0 heterocycles. The van der Waals surface area contributed by atoms with Crippen LogP contribution < -0.4 is 4.74 Å². The van der Waals surface area contributed by atoms with Crippen LogP contribution in [0.3, 0.4) is 0 Å². The van der Waals surface area contributed by atoms with Gasteiger partial charge in [-0.2, -0.15) is 0 Å². The third kappa shape index (κ3) is 2.86. The largest absolute Gasteiger partial charge is 0.494 e. The van der Waals surface area contributed by atoms with E-state index in [1.807, 2.05) is 31.2 Å². The van der Waals surface area contributed by atoms with Crippen LogP contribution in [0.4, 0.5) is 0 Å². The minimum absolute atomic E-state index is 0.228. The van der Waals surface area contributed by atoms with Gasteiger partial charge in [-0.1, -0.05) is 26.0 Å². The Morgan fingerprint density at radius 2 is 1.83 bits per heavy atom. The maximum atomic E-state index is 10.9. The van der Waals surface area contributed by atoms with Crippen molar-refractivity contribution in [3.8, 4) is 5.75 Å². The summed E-state index contributed by atoms with van der Waals surface area (Å²) in [5, 5.41) is 10.9. The SMILES string of the molecule is CCOc1ccc(C2(O)CCCC(C)(C)C2)cc1. The van der Waals surface area contributed by atoms with Crippen molar-refractivity contribution >= 4 is 0 Å². The van der Waals surface area contributed by atoms with Crippen molar-refractivity contribution in [3.05, 3.63) is 29.8 Å². The molecule has 1 N–H and O–H groups in total. The van der Waals surface area contributed by atoms with Gasteiger partial charge < -0.3 is 9.84 Å². The predicted octanol–water partition coefficient (Wildman–Crippen LogP) is 3.87. The summed E-state index contributed by atoms with van der Waals surface area (Å²) in [6.45, 7) is 7.14. The number of rotatable bonds is 3. The average molecular weight is 248 g/mol. The lowest BCUT2D eigenvalue weighted by atomic mass is 9.67. The maximum Gasteiger partial charge on any atom is 0.119 e. The van der Waals surface area contributed by atoms with Gasteiger partial charge in [-0.3, -0.25) is 0 Å². The molecule has 1 aliphatic rings. The number of aliphatic hydroxyl groups is 1. The third-order valence-electron chi connectivity index (χ3n) is 3.92. The molecule has 1 unspecified atom stereocenters. The zero-order chi connectivity index (χ0) is 13.2. The molecule has 0 aliphatic heterocycles. The second-order valence-corrected chi connectivity index (χ2v) is 6.18. The van der Waals surface area contributed by atoms with E-state index in [1.54, 1.807) is 0 Å². The average Bonchev–Trinajstić information content (AvgIpc) is 2.28. The van der Waals surface area contributed by atoms with Crippen LogP contribution in [0.1, 0.15) is 52.0 Å². The van der Waals surface area contributed by atoms with Crippen LogP contribution in [0.5, 0.6) is 5.75 Å². The van der Waals surface area contributed by atoms with Gasteiger partial charge in [0.05, 0.1) is 12.2 Å². The van der Waals surface area contributed by atoms with Gasteiger partial charge in [-0.25, -0.2) is 0 Å². The predicted molar refractivity (Wildman–Crippen MR) is 73.8 cm³/mol. The van der Waals surface area contributed by atoms with E-state index in [0.717, 1.165) is 30.6 Å². The molecule has 0 saturated heterocycles. The lowest BCUT2D eigenvalue weighted by molar-refractivity contribution is -0.0440. The molecule has 100 valence electrons. The quantitative estimate of drug-likeness (QED) is 0.879. The Kier molecular flexibility index (Phi) is 3.67. The van der Waals surface area contributed by atoms with Crippen molar-refractivity contribution in [2.45, 2.75) is 52.1 Å². The fraction of sp³-hybridized carbons (Fsp3) is 0.625. The normalized spacial score (nSPS) is 26.9. The zero-order valence-corrected chi connectivity index (χ0v) is 11.7. The van der Waals surface area contributed by atoms with Crippen LogP contribution in [0.25, 0.3) is 0 Å². The van der Waals surface area contributed by atoms with E-state index in [1.165, 1.54) is 6.42 Å². The number of ether oxygens (including phenoxy) is 1. The first kappa shape index (κ1) is 13.4. The molecule has 0 aromatic heterocycles. The highest BCUT2D eigenvalue weighted by Gasteiger charge is 2.39. The number of hydrogen-bond donors (Lipinski definition) is 1. The zero-order valence-electron chi connectivity index (χ0n) is 11.7. The van der Waals surface area contributed by atoms with E-state index < -0.39 is 5.60 Å². The van der Waals surface area contributed by atoms with Crippen molar-refractivity contribution in [1.29, 1.82) is 0 Å². The minimum atomic E-state index is -0.660. The van der Waals surface area contributed by atoms with Gasteiger partial charge in [0.2, 0.25) is 0 Å². The van der Waals surface area contributed by atoms with E-state index in [2.05, 4.69) is 13.8 Å². The molecule has 0 radical (unpaired) electrons. The Morgan fingerprint density at radius 1 is 1.17 bits per heavy atom. The molecular formula is C16H24O2. The van der Waals surface area contributed by atoms with Crippen molar-refractivity contribution in [2.24, 2.45) is 5.41 Å². The maximum absolute atomic E-state index is 10.9. The van der Waals surface area contributed by atoms with Crippen LogP contribution in [0, 0.1) is 5.41 Å². The van der Waals surface area contributed by atoms with Gasteiger partial charge in [-0.15, -0.1) is 0 Å². The molecule has 1 aliphatic carbocycles. The highest BCUT2D eigenvalue weighted by atomic mass is 16.5. The first-order valence-electron chi connectivity index (χ1n) is 6.91. The van der Waals surface area contributed by atoms with E-state index in [9.17, 15) is 5.11 Å². The van der Waals surface area contributed by atoms with Gasteiger partial charge in [0.25, 0.3) is 0 Å². The molecule has 1 aromatic carbocycles. The van der Waals surface area contributed by atoms with Crippen LogP contribution in [-0.4, -0.2) is 11.7 Å². The van der Waals surface area contributed by atoms with Gasteiger partial charge in [-0.05, 0) is 55.7 Å². The standard InChI is InChI=1S/C16H24O2/c1-4-18-14-8-6-13(7-9-14)16(17)11-5-10-15(2,3)12-16/h6-9,17H,4-5,10-12H2,1-3H3. The Hall–Kier alpha value is -1.02. The molecule has 1 aromatic rings. The lowest BCUT2D eigenvalue weighted by Crippen LogP contribution is -2.36. The molecule has 1 saturated carbocycles. The van der Waals surface area contributed by atoms with Crippen molar-refractivity contribution < 1.29 is 9.84 Å². The minimum Gasteiger partial charge on any atom is -0.494 e. The van der Waals surface area contributed by atoms with Gasteiger partial charge in [0, 0.05) is 0 Å². The van der Waals surface area contributed by atoms with E-state index in [4.69, 9.17) is 4.74 Å². The number of hydrogen-bond acceptors (Lipinski definition) is 2. The molecule has 0 bridgehead atoms. The van der Waals surface area contributed by atoms with Crippen LogP contribution >= 0.6 is 0 Å². The second kappa shape index (κ2) is 4.93. The summed E-state index contributed by atoms with van der Waals surface area (Å²) in [4.78, 5) is 0. The first-order valence-corrected chi connectivity index (χ1v) is 6.91. The summed E-state index contributed by atoms with van der Waals surface area (Å²) < 4.78 is 5.44. The molecule has 0 amide bonds. The molecule has 1 atom stereocenters. The Balaban J connectivity index is 2.19. The van der Waals surface area contributed by atoms with Gasteiger partial charge >= 0.3 is 0 Å². The fourth-order valence-electron chi connectivity index (χ4n) is 3.10. The summed E-state index contributed by atoms with van der Waals surface area (Å²) in [7, 11) is 0. The van der Waals surface area contributed by atoms with E-state index in [0.29, 0.717) is 6.61 Å². The van der Waals surface area contributed by atoms with Crippen LogP contribution in [0.15, 0.2) is 24.3 Å². The van der Waals surface area contributed by atoms with Crippen LogP contribution in [0.2, 0.25) is 0 Å². The second-order valence-electron chi connectivity index (χ2n) is 6.18. The van der Waals surface area contributed by atoms with Crippen molar-refractivity contribution in [2.75, 3.05) is 6.61 Å². The van der Waals surface area contributed by atoms with Crippen LogP contribution in [-0.2, 0) is 5.60 Å². The Labute approximate surface area is 110 Å². The molecular weight excluding hydrogens is 224 g/mol. The van der Waals surface area contributed by atoms with Gasteiger partial charge in [0.15, 0.2) is 0 Å². The topological polar surface area (TPSA) is 29.5 Å². The summed E-state index contributed by atoms with van der Waals surface area (Å²) in [5.41, 5.74) is 0.594. The monoisotopic (exact) mass is 248 g/mol. The Morgan fingerprint density at radius 3 is 2.39 bits per heavy atom. The molecule has 18 heavy (non-hydrogen) atoms. The number of benzene rings is 1. The van der Waals surface area contributed by atoms with E-state index in [-0.39, 0.29) is 5.41 Å². The molecule has 1 fully saturated rings. The highest BCUT2D eigenvalue weighted by Crippen LogP contribution is 2.46. The third-order valence-corrected chi connectivity index (χ3v) is 3.92. The summed E-state index contributed by atoms with van der Waals surface area (Å²) in [5.74, 6) is 0.875. The van der Waals surface area contributed by atoms with Crippen molar-refractivity contribution in [1.82, 2.24) is 0 Å². The highest BCUT2D eigenvalue weighted by molar-refractivity contribution is 5.31. The molecule has 2 heteroatoms. The first-order chi connectivity index (χ1) is 8.45. The van der Waals surface area contributed by atoms with Crippen molar-refractivity contribution in [3.63, 3.8) is 0 Å². The smallest absolute Gasteiger partial charge is 0.119 e.